The average molecular weight is 431 g/mol. The summed E-state index contributed by atoms with van der Waals surface area (Å²) in [4.78, 5) is 19.2. The Bertz CT molecular complexity index is 943. The molecule has 2 aromatic rings. The molecule has 9 nitrogen and oxygen atoms in total. The summed E-state index contributed by atoms with van der Waals surface area (Å²) in [6.45, 7) is 2.37. The molecule has 3 heterocycles. The van der Waals surface area contributed by atoms with Gasteiger partial charge in [0, 0.05) is 37.9 Å². The number of nitrogens with zero attached hydrogens (tertiary/aromatic N) is 4. The van der Waals surface area contributed by atoms with E-state index in [0.717, 1.165) is 0 Å². The lowest BCUT2D eigenvalue weighted by molar-refractivity contribution is -0.384. The molecule has 0 unspecified atom stereocenters. The van der Waals surface area contributed by atoms with Gasteiger partial charge in [-0.05, 0) is 49.9 Å². The molecule has 3 N–H and O–H groups in total. The van der Waals surface area contributed by atoms with Gasteiger partial charge in [0.2, 0.25) is 5.82 Å². The molecule has 2 aliphatic rings. The third-order valence-electron chi connectivity index (χ3n) is 5.86. The standard InChI is InChI=1S/C21H26FN5O4/c22-17-13-14(1-2-18(17)25-9-5-15(28)6-10-25)23-21-19(27(30)31)3-4-20(24-21)26-11-7-16(29)8-12-26/h1-4,13,15-16,28-29H,5-12H2,(H,23,24). The second-order valence-corrected chi connectivity index (χ2v) is 8.02. The summed E-state index contributed by atoms with van der Waals surface area (Å²) < 4.78 is 14.8. The summed E-state index contributed by atoms with van der Waals surface area (Å²) in [5.41, 5.74) is 0.607. The molecule has 10 heteroatoms. The molecule has 2 aliphatic heterocycles. The van der Waals surface area contributed by atoms with Crippen LogP contribution in [0.3, 0.4) is 0 Å². The minimum atomic E-state index is -0.525. The topological polar surface area (TPSA) is 115 Å². The molecule has 0 aliphatic carbocycles. The third-order valence-corrected chi connectivity index (χ3v) is 5.86. The fraction of sp³-hybridized carbons (Fsp3) is 0.476. The van der Waals surface area contributed by atoms with Crippen molar-refractivity contribution in [1.82, 2.24) is 4.98 Å². The maximum atomic E-state index is 14.8. The number of hydrogen-bond acceptors (Lipinski definition) is 8. The molecule has 0 saturated carbocycles. The third kappa shape index (κ3) is 4.86. The smallest absolute Gasteiger partial charge is 0.311 e. The van der Waals surface area contributed by atoms with Crippen molar-refractivity contribution in [2.24, 2.45) is 0 Å². The Morgan fingerprint density at radius 2 is 1.61 bits per heavy atom. The Hall–Kier alpha value is -2.98. The van der Waals surface area contributed by atoms with Crippen molar-refractivity contribution >= 4 is 28.7 Å². The van der Waals surface area contributed by atoms with Gasteiger partial charge in [-0.2, -0.15) is 0 Å². The maximum Gasteiger partial charge on any atom is 0.311 e. The number of benzene rings is 1. The van der Waals surface area contributed by atoms with Gasteiger partial charge in [-0.3, -0.25) is 10.1 Å². The molecule has 0 spiro atoms. The van der Waals surface area contributed by atoms with Crippen LogP contribution in [0.4, 0.5) is 33.1 Å². The van der Waals surface area contributed by atoms with E-state index in [9.17, 15) is 24.7 Å². The number of aliphatic hydroxyl groups is 2. The molecule has 31 heavy (non-hydrogen) atoms. The van der Waals surface area contributed by atoms with E-state index in [0.29, 0.717) is 69.1 Å². The molecule has 0 bridgehead atoms. The van der Waals surface area contributed by atoms with E-state index in [-0.39, 0.29) is 23.7 Å². The molecule has 1 aromatic carbocycles. The van der Waals surface area contributed by atoms with Gasteiger partial charge in [-0.1, -0.05) is 0 Å². The van der Waals surface area contributed by atoms with Crippen LogP contribution in [0.15, 0.2) is 30.3 Å². The van der Waals surface area contributed by atoms with Gasteiger partial charge in [0.05, 0.1) is 22.8 Å². The van der Waals surface area contributed by atoms with E-state index in [1.54, 1.807) is 18.2 Å². The number of pyridine rings is 1. The monoisotopic (exact) mass is 431 g/mol. The van der Waals surface area contributed by atoms with Gasteiger partial charge in [0.1, 0.15) is 11.6 Å². The van der Waals surface area contributed by atoms with Gasteiger partial charge in [0.25, 0.3) is 0 Å². The van der Waals surface area contributed by atoms with Crippen molar-refractivity contribution in [3.8, 4) is 0 Å². The highest BCUT2D eigenvalue weighted by Crippen LogP contribution is 2.32. The first-order valence-corrected chi connectivity index (χ1v) is 10.5. The van der Waals surface area contributed by atoms with E-state index in [1.807, 2.05) is 9.80 Å². The van der Waals surface area contributed by atoms with Gasteiger partial charge in [0.15, 0.2) is 0 Å². The van der Waals surface area contributed by atoms with Crippen molar-refractivity contribution in [2.45, 2.75) is 37.9 Å². The summed E-state index contributed by atoms with van der Waals surface area (Å²) in [7, 11) is 0. The zero-order chi connectivity index (χ0) is 22.0. The second-order valence-electron chi connectivity index (χ2n) is 8.02. The number of nitrogens with one attached hydrogen (secondary N) is 1. The van der Waals surface area contributed by atoms with E-state index in [1.165, 1.54) is 12.1 Å². The Balaban J connectivity index is 1.55. The predicted octanol–water partition coefficient (Wildman–Crippen LogP) is 2.79. The quantitative estimate of drug-likeness (QED) is 0.489. The van der Waals surface area contributed by atoms with Crippen LogP contribution in [0.25, 0.3) is 0 Å². The Morgan fingerprint density at radius 3 is 2.19 bits per heavy atom. The highest BCUT2D eigenvalue weighted by molar-refractivity contribution is 5.69. The van der Waals surface area contributed by atoms with Crippen LogP contribution in [-0.4, -0.2) is 58.5 Å². The highest BCUT2D eigenvalue weighted by atomic mass is 19.1. The normalized spacial score (nSPS) is 18.3. The molecule has 1 aromatic heterocycles. The Kier molecular flexibility index (Phi) is 6.19. The molecular formula is C21H26FN5O4. The molecule has 166 valence electrons. The Morgan fingerprint density at radius 1 is 1.00 bits per heavy atom. The summed E-state index contributed by atoms with van der Waals surface area (Å²) >= 11 is 0. The lowest BCUT2D eigenvalue weighted by Gasteiger charge is -2.31. The molecule has 4 rings (SSSR count). The van der Waals surface area contributed by atoms with Gasteiger partial charge in [-0.15, -0.1) is 0 Å². The minimum Gasteiger partial charge on any atom is -0.393 e. The summed E-state index contributed by atoms with van der Waals surface area (Å²) in [6.07, 6.45) is 1.73. The highest BCUT2D eigenvalue weighted by Gasteiger charge is 2.23. The zero-order valence-electron chi connectivity index (χ0n) is 17.1. The van der Waals surface area contributed by atoms with Crippen LogP contribution in [0.2, 0.25) is 0 Å². The van der Waals surface area contributed by atoms with Crippen LogP contribution in [-0.2, 0) is 0 Å². The average Bonchev–Trinajstić information content (AvgIpc) is 2.75. The molecular weight excluding hydrogens is 405 g/mol. The lowest BCUT2D eigenvalue weighted by Crippen LogP contribution is -2.36. The van der Waals surface area contributed by atoms with E-state index >= 15 is 0 Å². The van der Waals surface area contributed by atoms with Crippen LogP contribution in [0.1, 0.15) is 25.7 Å². The van der Waals surface area contributed by atoms with Crippen molar-refractivity contribution in [3.05, 3.63) is 46.3 Å². The number of hydrogen-bond donors (Lipinski definition) is 3. The van der Waals surface area contributed by atoms with Crippen molar-refractivity contribution < 1.29 is 19.5 Å². The number of aliphatic hydroxyl groups excluding tert-OH is 2. The first kappa shape index (κ1) is 21.3. The minimum absolute atomic E-state index is 0.0434. The van der Waals surface area contributed by atoms with E-state index in [4.69, 9.17) is 0 Å². The van der Waals surface area contributed by atoms with Gasteiger partial charge in [-0.25, -0.2) is 9.37 Å². The SMILES string of the molecule is O=[N+]([O-])c1ccc(N2CCC(O)CC2)nc1Nc1ccc(N2CCC(O)CC2)c(F)c1. The fourth-order valence-electron chi connectivity index (χ4n) is 4.04. The number of aromatic nitrogens is 1. The summed E-state index contributed by atoms with van der Waals surface area (Å²) in [5.74, 6) is 0.177. The zero-order valence-corrected chi connectivity index (χ0v) is 17.1. The maximum absolute atomic E-state index is 14.8. The van der Waals surface area contributed by atoms with Gasteiger partial charge >= 0.3 is 5.69 Å². The van der Waals surface area contributed by atoms with Crippen LogP contribution in [0.5, 0.6) is 0 Å². The Labute approximate surface area is 179 Å². The van der Waals surface area contributed by atoms with Gasteiger partial charge < -0.3 is 25.3 Å². The number of rotatable bonds is 5. The lowest BCUT2D eigenvalue weighted by atomic mass is 10.1. The first-order chi connectivity index (χ1) is 14.9. The second kappa shape index (κ2) is 9.03. The van der Waals surface area contributed by atoms with Crippen LogP contribution < -0.4 is 15.1 Å². The largest absolute Gasteiger partial charge is 0.393 e. The number of nitro groups is 1. The van der Waals surface area contributed by atoms with Crippen molar-refractivity contribution in [3.63, 3.8) is 0 Å². The molecule has 2 saturated heterocycles. The first-order valence-electron chi connectivity index (χ1n) is 10.5. The summed E-state index contributed by atoms with van der Waals surface area (Å²) in [6, 6.07) is 7.58. The van der Waals surface area contributed by atoms with Crippen LogP contribution in [0, 0.1) is 15.9 Å². The van der Waals surface area contributed by atoms with E-state index < -0.39 is 10.7 Å². The van der Waals surface area contributed by atoms with Crippen molar-refractivity contribution in [1.29, 1.82) is 0 Å². The molecule has 0 amide bonds. The number of halogens is 1. The predicted molar refractivity (Wildman–Crippen MR) is 115 cm³/mol. The summed E-state index contributed by atoms with van der Waals surface area (Å²) in [5, 5.41) is 33.7. The number of anilines is 4. The number of piperidine rings is 2. The molecule has 0 radical (unpaired) electrons. The molecule has 2 fully saturated rings. The molecule has 0 atom stereocenters. The fourth-order valence-corrected chi connectivity index (χ4v) is 4.04. The van der Waals surface area contributed by atoms with Crippen molar-refractivity contribution in [2.75, 3.05) is 41.3 Å². The van der Waals surface area contributed by atoms with E-state index in [2.05, 4.69) is 10.3 Å². The van der Waals surface area contributed by atoms with Crippen LogP contribution >= 0.6 is 0 Å².